The molecule has 0 saturated heterocycles. The van der Waals surface area contributed by atoms with Crippen LogP contribution in [0.3, 0.4) is 0 Å². The number of hydrogen-bond donors (Lipinski definition) is 2. The van der Waals surface area contributed by atoms with Gasteiger partial charge in [-0.1, -0.05) is 6.08 Å². The summed E-state index contributed by atoms with van der Waals surface area (Å²) in [6.07, 6.45) is 5.62. The van der Waals surface area contributed by atoms with Crippen LogP contribution in [0.5, 0.6) is 5.75 Å². The zero-order valence-corrected chi connectivity index (χ0v) is 19.6. The summed E-state index contributed by atoms with van der Waals surface area (Å²) in [5.41, 5.74) is 1.77. The van der Waals surface area contributed by atoms with E-state index >= 15 is 0 Å². The Labute approximate surface area is 192 Å². The zero-order chi connectivity index (χ0) is 23.1. The molecule has 1 aliphatic rings. The number of fused-ring (bicyclic) bond motifs is 1. The number of hydrogen-bond acceptors (Lipinski definition) is 6. The van der Waals surface area contributed by atoms with Crippen LogP contribution in [0.4, 0.5) is 0 Å². The van der Waals surface area contributed by atoms with Crippen LogP contribution in [0, 0.1) is 0 Å². The van der Waals surface area contributed by atoms with E-state index in [2.05, 4.69) is 10.0 Å². The first-order chi connectivity index (χ1) is 15.4. The lowest BCUT2D eigenvalue weighted by Crippen LogP contribution is -2.25. The summed E-state index contributed by atoms with van der Waals surface area (Å²) >= 11 is 5.54. The number of sulfonamides is 1. The Morgan fingerprint density at radius 2 is 2.09 bits per heavy atom. The summed E-state index contributed by atoms with van der Waals surface area (Å²) < 4.78 is 45.2. The highest BCUT2D eigenvalue weighted by Crippen LogP contribution is 2.37. The molecule has 0 fully saturated rings. The third-order valence-electron chi connectivity index (χ3n) is 4.91. The normalized spacial score (nSPS) is 13.8. The zero-order valence-electron chi connectivity index (χ0n) is 18.1. The van der Waals surface area contributed by atoms with Crippen LogP contribution < -0.4 is 14.8 Å². The van der Waals surface area contributed by atoms with Crippen molar-refractivity contribution >= 4 is 44.1 Å². The molecule has 0 unspecified atom stereocenters. The molecule has 0 spiro atoms. The summed E-state index contributed by atoms with van der Waals surface area (Å²) in [5, 5.41) is 3.14. The van der Waals surface area contributed by atoms with Crippen molar-refractivity contribution in [1.82, 2.24) is 10.0 Å². The second-order valence-corrected chi connectivity index (χ2v) is 9.14. The van der Waals surface area contributed by atoms with Crippen LogP contribution in [0.25, 0.3) is 16.5 Å². The first kappa shape index (κ1) is 24.3. The van der Waals surface area contributed by atoms with E-state index in [1.807, 2.05) is 13.0 Å². The summed E-state index contributed by atoms with van der Waals surface area (Å²) in [6, 6.07) is 4.76. The fraction of sp³-hybridized carbons (Fsp3) is 0.409. The molecule has 0 saturated carbocycles. The van der Waals surface area contributed by atoms with Crippen LogP contribution in [0.1, 0.15) is 31.9 Å². The number of rotatable bonds is 12. The number of methoxy groups -OCH3 is 1. The van der Waals surface area contributed by atoms with Crippen molar-refractivity contribution in [3.05, 3.63) is 41.8 Å². The third-order valence-corrected chi connectivity index (χ3v) is 6.67. The molecule has 1 aromatic carbocycles. The maximum atomic E-state index is 13.0. The molecule has 3 rings (SSSR count). The summed E-state index contributed by atoms with van der Waals surface area (Å²) in [7, 11) is -2.26. The van der Waals surface area contributed by atoms with Crippen molar-refractivity contribution in [3.63, 3.8) is 0 Å². The molecular weight excluding hydrogens is 456 g/mol. The maximum absolute atomic E-state index is 13.0. The van der Waals surface area contributed by atoms with Gasteiger partial charge in [0, 0.05) is 42.8 Å². The topological polar surface area (TPSA) is 107 Å². The highest BCUT2D eigenvalue weighted by atomic mass is 35.5. The van der Waals surface area contributed by atoms with Gasteiger partial charge in [-0.25, -0.2) is 13.1 Å². The standard InChI is InChI=1S/C22H27ClN2O6S/c1-3-30-11-5-4-10-24-32(27,28)20-9-8-18(29-2)22-17(20)13-19(31-22)15-6-7-16(12-15)25-21(26)14-23/h6,8-9,12-13,24H,3-5,7,10-11,14H2,1-2H3,(H,25,26). The molecule has 0 radical (unpaired) electrons. The number of unbranched alkanes of at least 4 members (excludes halogenated alkanes) is 1. The van der Waals surface area contributed by atoms with Gasteiger partial charge in [-0.2, -0.15) is 0 Å². The van der Waals surface area contributed by atoms with E-state index < -0.39 is 10.0 Å². The van der Waals surface area contributed by atoms with E-state index in [0.29, 0.717) is 60.8 Å². The first-order valence-electron chi connectivity index (χ1n) is 10.3. The van der Waals surface area contributed by atoms with Gasteiger partial charge in [0.1, 0.15) is 11.6 Å². The number of halogens is 1. The van der Waals surface area contributed by atoms with E-state index in [1.165, 1.54) is 13.2 Å². The Morgan fingerprint density at radius 1 is 1.28 bits per heavy atom. The first-order valence-corrected chi connectivity index (χ1v) is 12.4. The van der Waals surface area contributed by atoms with Crippen molar-refractivity contribution in [2.24, 2.45) is 0 Å². The lowest BCUT2D eigenvalue weighted by atomic mass is 10.2. The molecule has 1 aromatic heterocycles. The van der Waals surface area contributed by atoms with Gasteiger partial charge in [-0.05, 0) is 44.0 Å². The average molecular weight is 483 g/mol. The monoisotopic (exact) mass is 482 g/mol. The molecule has 0 atom stereocenters. The lowest BCUT2D eigenvalue weighted by Gasteiger charge is -2.09. The van der Waals surface area contributed by atoms with E-state index in [0.717, 1.165) is 12.0 Å². The largest absolute Gasteiger partial charge is 0.493 e. The Hall–Kier alpha value is -2.33. The van der Waals surface area contributed by atoms with Crippen molar-refractivity contribution in [2.45, 2.75) is 31.1 Å². The predicted octanol–water partition coefficient (Wildman–Crippen LogP) is 3.56. The summed E-state index contributed by atoms with van der Waals surface area (Å²) in [6.45, 7) is 3.48. The summed E-state index contributed by atoms with van der Waals surface area (Å²) in [4.78, 5) is 11.6. The number of alkyl halides is 1. The number of benzene rings is 1. The fourth-order valence-electron chi connectivity index (χ4n) is 3.37. The van der Waals surface area contributed by atoms with Gasteiger partial charge in [0.25, 0.3) is 0 Å². The fourth-order valence-corrected chi connectivity index (χ4v) is 4.69. The molecule has 10 heteroatoms. The van der Waals surface area contributed by atoms with Crippen molar-refractivity contribution in [2.75, 3.05) is 32.7 Å². The number of allylic oxidation sites excluding steroid dienone is 3. The number of carbonyl (C=O) groups excluding carboxylic acids is 1. The van der Waals surface area contributed by atoms with E-state index in [-0.39, 0.29) is 16.7 Å². The second kappa shape index (κ2) is 11.0. The molecular formula is C22H27ClN2O6S. The molecule has 32 heavy (non-hydrogen) atoms. The maximum Gasteiger partial charge on any atom is 0.241 e. The molecule has 2 N–H and O–H groups in total. The molecule has 2 aromatic rings. The number of carbonyl (C=O) groups is 1. The van der Waals surface area contributed by atoms with Gasteiger partial charge >= 0.3 is 0 Å². The lowest BCUT2D eigenvalue weighted by molar-refractivity contribution is -0.118. The van der Waals surface area contributed by atoms with Crippen molar-refractivity contribution in [3.8, 4) is 5.75 Å². The summed E-state index contributed by atoms with van der Waals surface area (Å²) in [5.74, 6) is 0.487. The van der Waals surface area contributed by atoms with Gasteiger partial charge in [0.2, 0.25) is 15.9 Å². The van der Waals surface area contributed by atoms with Gasteiger partial charge < -0.3 is 19.2 Å². The van der Waals surface area contributed by atoms with Crippen molar-refractivity contribution < 1.29 is 27.1 Å². The number of nitrogens with one attached hydrogen (secondary N) is 2. The van der Waals surface area contributed by atoms with Crippen LogP contribution in [-0.2, 0) is 19.6 Å². The number of ether oxygens (including phenoxy) is 2. The molecule has 1 aliphatic carbocycles. The van der Waals surface area contributed by atoms with Crippen LogP contribution >= 0.6 is 11.6 Å². The van der Waals surface area contributed by atoms with Gasteiger partial charge in [0.15, 0.2) is 11.3 Å². The predicted molar refractivity (Wildman–Crippen MR) is 123 cm³/mol. The van der Waals surface area contributed by atoms with E-state index in [9.17, 15) is 13.2 Å². The Morgan fingerprint density at radius 3 is 2.81 bits per heavy atom. The highest BCUT2D eigenvalue weighted by molar-refractivity contribution is 7.89. The smallest absolute Gasteiger partial charge is 0.241 e. The minimum Gasteiger partial charge on any atom is -0.493 e. The second-order valence-electron chi connectivity index (χ2n) is 7.14. The average Bonchev–Trinajstić information content (AvgIpc) is 3.42. The number of amides is 1. The SMILES string of the molecule is CCOCCCCNS(=O)(=O)c1ccc(OC)c2oc(C3=CCC(NC(=O)CCl)=C3)cc12. The molecule has 8 nitrogen and oxygen atoms in total. The van der Waals surface area contributed by atoms with Crippen LogP contribution in [-0.4, -0.2) is 47.1 Å². The molecule has 1 amide bonds. The van der Waals surface area contributed by atoms with Crippen molar-refractivity contribution in [1.29, 1.82) is 0 Å². The van der Waals surface area contributed by atoms with Gasteiger partial charge in [-0.15, -0.1) is 11.6 Å². The van der Waals surface area contributed by atoms with Crippen LogP contribution in [0.15, 0.2) is 45.4 Å². The Kier molecular flexibility index (Phi) is 8.36. The minimum atomic E-state index is -3.76. The Bertz CT molecular complexity index is 1140. The van der Waals surface area contributed by atoms with Gasteiger partial charge in [-0.3, -0.25) is 4.79 Å². The third kappa shape index (κ3) is 5.72. The molecule has 0 aliphatic heterocycles. The number of furan rings is 1. The quantitative estimate of drug-likeness (QED) is 0.354. The van der Waals surface area contributed by atoms with E-state index in [4.69, 9.17) is 25.5 Å². The minimum absolute atomic E-state index is 0.117. The van der Waals surface area contributed by atoms with Crippen LogP contribution in [0.2, 0.25) is 0 Å². The van der Waals surface area contributed by atoms with E-state index in [1.54, 1.807) is 18.2 Å². The molecule has 0 bridgehead atoms. The highest BCUT2D eigenvalue weighted by Gasteiger charge is 2.23. The Balaban J connectivity index is 1.85. The molecule has 174 valence electrons. The molecule has 1 heterocycles. The van der Waals surface area contributed by atoms with Gasteiger partial charge in [0.05, 0.1) is 12.0 Å².